The first-order chi connectivity index (χ1) is 22.0. The van der Waals surface area contributed by atoms with E-state index in [9.17, 15) is 18.6 Å². The van der Waals surface area contributed by atoms with Crippen molar-refractivity contribution >= 4 is 57.4 Å². The normalized spacial score (nSPS) is 12.4. The van der Waals surface area contributed by atoms with Gasteiger partial charge in [-0.05, 0) is 106 Å². The van der Waals surface area contributed by atoms with Crippen LogP contribution < -0.4 is 4.72 Å². The van der Waals surface area contributed by atoms with Crippen LogP contribution in [0, 0.1) is 3.57 Å². The van der Waals surface area contributed by atoms with Gasteiger partial charge in [0.2, 0.25) is 5.91 Å². The SMILES string of the molecule is CC(C)(C)OC(=O)CN(CC(=O)OC(C)(C)C)C(=O)Cn1ccnc1CN(CCc1ccc(NS(=O)O)cc1)Cc1ccc(I)cc1. The van der Waals surface area contributed by atoms with E-state index in [1.54, 1.807) is 70.6 Å². The van der Waals surface area contributed by atoms with E-state index >= 15 is 0 Å². The Morgan fingerprint density at radius 2 is 1.45 bits per heavy atom. The molecule has 1 unspecified atom stereocenters. The molecule has 2 N–H and O–H groups in total. The maximum Gasteiger partial charge on any atom is 0.326 e. The fraction of sp³-hybridized carbons (Fsp3) is 0.455. The molecule has 0 bridgehead atoms. The van der Waals surface area contributed by atoms with Crippen molar-refractivity contribution in [2.75, 3.05) is 24.4 Å². The molecule has 1 heterocycles. The molecule has 1 amide bonds. The number of amides is 1. The Labute approximate surface area is 292 Å². The first-order valence-electron chi connectivity index (χ1n) is 15.1. The van der Waals surface area contributed by atoms with Crippen molar-refractivity contribution in [3.8, 4) is 0 Å². The monoisotopic (exact) mass is 781 g/mol. The Morgan fingerprint density at radius 1 is 0.894 bits per heavy atom. The Kier molecular flexibility index (Phi) is 13.9. The number of ether oxygens (including phenoxy) is 2. The van der Waals surface area contributed by atoms with Gasteiger partial charge >= 0.3 is 11.9 Å². The van der Waals surface area contributed by atoms with Gasteiger partial charge in [0.05, 0.1) is 6.54 Å². The van der Waals surface area contributed by atoms with E-state index in [4.69, 9.17) is 14.0 Å². The number of nitrogens with one attached hydrogen (secondary N) is 1. The van der Waals surface area contributed by atoms with Crippen LogP contribution in [-0.2, 0) is 61.2 Å². The summed E-state index contributed by atoms with van der Waals surface area (Å²) in [5, 5.41) is 0. The van der Waals surface area contributed by atoms with Crippen LogP contribution in [-0.4, -0.2) is 76.8 Å². The molecule has 256 valence electrons. The van der Waals surface area contributed by atoms with Gasteiger partial charge in [0.1, 0.15) is 36.7 Å². The highest BCUT2D eigenvalue weighted by Crippen LogP contribution is 2.16. The topological polar surface area (TPSA) is 143 Å². The van der Waals surface area contributed by atoms with Crippen molar-refractivity contribution in [2.24, 2.45) is 0 Å². The maximum atomic E-state index is 13.6. The molecular weight excluding hydrogens is 737 g/mol. The predicted molar refractivity (Wildman–Crippen MR) is 188 cm³/mol. The van der Waals surface area contributed by atoms with Gasteiger partial charge in [-0.15, -0.1) is 0 Å². The lowest BCUT2D eigenvalue weighted by molar-refractivity contribution is -0.164. The van der Waals surface area contributed by atoms with Crippen LogP contribution in [0.1, 0.15) is 58.5 Å². The average molecular weight is 782 g/mol. The Morgan fingerprint density at radius 3 is 1.98 bits per heavy atom. The lowest BCUT2D eigenvalue weighted by atomic mass is 10.1. The number of imidazole rings is 1. The minimum absolute atomic E-state index is 0.140. The quantitative estimate of drug-likeness (QED) is 0.126. The number of carbonyl (C=O) groups is 3. The average Bonchev–Trinajstić information content (AvgIpc) is 3.37. The number of nitrogens with zero attached hydrogens (tertiary/aromatic N) is 4. The summed E-state index contributed by atoms with van der Waals surface area (Å²) in [7, 11) is 0. The Bertz CT molecular complexity index is 1490. The summed E-state index contributed by atoms with van der Waals surface area (Å²) in [6.07, 6.45) is 4.02. The van der Waals surface area contributed by atoms with Crippen molar-refractivity contribution in [1.29, 1.82) is 0 Å². The smallest absolute Gasteiger partial charge is 0.326 e. The summed E-state index contributed by atoms with van der Waals surface area (Å²) in [4.78, 5) is 46.9. The number of carbonyl (C=O) groups excluding carboxylic acids is 3. The molecule has 1 atom stereocenters. The van der Waals surface area contributed by atoms with E-state index in [-0.39, 0.29) is 6.54 Å². The first-order valence-corrected chi connectivity index (χ1v) is 17.3. The van der Waals surface area contributed by atoms with Gasteiger partial charge in [0.15, 0.2) is 0 Å². The van der Waals surface area contributed by atoms with E-state index in [1.165, 1.54) is 0 Å². The molecule has 1 aromatic heterocycles. The van der Waals surface area contributed by atoms with E-state index in [0.717, 1.165) is 19.6 Å². The number of hydrogen-bond acceptors (Lipinski definition) is 8. The number of hydrogen-bond donors (Lipinski definition) is 2. The summed E-state index contributed by atoms with van der Waals surface area (Å²) in [6.45, 7) is 11.2. The fourth-order valence-corrected chi connectivity index (χ4v) is 5.26. The number of anilines is 1. The minimum Gasteiger partial charge on any atom is -0.459 e. The fourth-order valence-electron chi connectivity index (χ4n) is 4.56. The Balaban J connectivity index is 1.77. The second-order valence-corrected chi connectivity index (χ2v) is 15.0. The predicted octanol–water partition coefficient (Wildman–Crippen LogP) is 4.79. The maximum absolute atomic E-state index is 13.6. The third kappa shape index (κ3) is 14.5. The number of esters is 2. The van der Waals surface area contributed by atoms with Gasteiger partial charge < -0.3 is 18.9 Å². The van der Waals surface area contributed by atoms with Gasteiger partial charge in [-0.3, -0.25) is 28.6 Å². The summed E-state index contributed by atoms with van der Waals surface area (Å²) < 4.78 is 36.3. The largest absolute Gasteiger partial charge is 0.459 e. The molecule has 47 heavy (non-hydrogen) atoms. The number of aromatic nitrogens is 2. The number of rotatable bonds is 15. The molecule has 14 heteroatoms. The van der Waals surface area contributed by atoms with Crippen LogP contribution in [0.4, 0.5) is 5.69 Å². The molecule has 2 aromatic carbocycles. The number of benzene rings is 2. The zero-order valence-electron chi connectivity index (χ0n) is 27.7. The van der Waals surface area contributed by atoms with Crippen LogP contribution in [0.5, 0.6) is 0 Å². The van der Waals surface area contributed by atoms with Crippen LogP contribution in [0.3, 0.4) is 0 Å². The summed E-state index contributed by atoms with van der Waals surface area (Å²) in [5.41, 5.74) is 1.20. The minimum atomic E-state index is -2.14. The molecule has 0 aliphatic rings. The molecule has 0 saturated carbocycles. The standard InChI is InChI=1S/C33H44IN5O7S/c1-32(2,3)45-30(41)22-39(23-31(42)46-33(4,5)6)29(40)21-38-18-16-35-28(38)20-37(19-25-7-11-26(34)12-8-25)17-15-24-9-13-27(14-10-24)36-47(43)44/h7-14,16,18,36H,15,17,19-23H2,1-6H3,(H,43,44). The molecule has 12 nitrogen and oxygen atoms in total. The van der Waals surface area contributed by atoms with Gasteiger partial charge in [-0.1, -0.05) is 24.3 Å². The molecule has 0 spiro atoms. The van der Waals surface area contributed by atoms with Gasteiger partial charge in [-0.25, -0.2) is 9.19 Å². The Hall–Kier alpha value is -3.34. The second kappa shape index (κ2) is 17.2. The highest BCUT2D eigenvalue weighted by atomic mass is 127. The van der Waals surface area contributed by atoms with E-state index in [1.807, 2.05) is 12.1 Å². The van der Waals surface area contributed by atoms with Crippen LogP contribution in [0.25, 0.3) is 0 Å². The molecule has 0 aliphatic carbocycles. The van der Waals surface area contributed by atoms with Gasteiger partial charge in [-0.2, -0.15) is 0 Å². The van der Waals surface area contributed by atoms with E-state index in [2.05, 4.69) is 61.5 Å². The third-order valence-corrected chi connectivity index (χ3v) is 7.63. The highest BCUT2D eigenvalue weighted by Gasteiger charge is 2.27. The van der Waals surface area contributed by atoms with Crippen LogP contribution in [0.15, 0.2) is 60.9 Å². The zero-order valence-corrected chi connectivity index (χ0v) is 30.7. The zero-order chi connectivity index (χ0) is 34.8. The molecule has 0 aliphatic heterocycles. The lowest BCUT2D eigenvalue weighted by Crippen LogP contribution is -2.44. The molecule has 0 saturated heterocycles. The molecule has 0 radical (unpaired) electrons. The lowest BCUT2D eigenvalue weighted by Gasteiger charge is -2.27. The van der Waals surface area contributed by atoms with Crippen molar-refractivity contribution in [3.05, 3.63) is 81.4 Å². The molecule has 3 aromatic rings. The third-order valence-electron chi connectivity index (χ3n) is 6.50. The van der Waals surface area contributed by atoms with Crippen LogP contribution in [0.2, 0.25) is 0 Å². The van der Waals surface area contributed by atoms with Gasteiger partial charge in [0.25, 0.3) is 11.3 Å². The summed E-state index contributed by atoms with van der Waals surface area (Å²) in [5.74, 6) is -1.07. The molecular formula is C33H44IN5O7S. The van der Waals surface area contributed by atoms with E-state index in [0.29, 0.717) is 37.6 Å². The van der Waals surface area contributed by atoms with Crippen molar-refractivity contribution < 1.29 is 32.6 Å². The van der Waals surface area contributed by atoms with Gasteiger partial charge in [0, 0.05) is 34.7 Å². The molecule has 3 rings (SSSR count). The molecule has 0 fully saturated rings. The van der Waals surface area contributed by atoms with Crippen molar-refractivity contribution in [3.63, 3.8) is 0 Å². The van der Waals surface area contributed by atoms with Crippen LogP contribution >= 0.6 is 22.6 Å². The van der Waals surface area contributed by atoms with E-state index < -0.39 is 53.4 Å². The second-order valence-electron chi connectivity index (χ2n) is 13.0. The van der Waals surface area contributed by atoms with Crippen molar-refractivity contribution in [1.82, 2.24) is 19.4 Å². The first kappa shape index (κ1) is 38.1. The summed E-state index contributed by atoms with van der Waals surface area (Å²) >= 11 is 0.125. The summed E-state index contributed by atoms with van der Waals surface area (Å²) in [6, 6.07) is 15.6. The van der Waals surface area contributed by atoms with Crippen molar-refractivity contribution in [2.45, 2.75) is 78.8 Å². The number of halogens is 1. The highest BCUT2D eigenvalue weighted by molar-refractivity contribution is 14.1.